The summed E-state index contributed by atoms with van der Waals surface area (Å²) in [5, 5.41) is 3.14. The fraction of sp³-hybridized carbons (Fsp3) is 0.917. The topological polar surface area (TPSA) is 41.6 Å². The Morgan fingerprint density at radius 3 is 2.94 bits per heavy atom. The van der Waals surface area contributed by atoms with Gasteiger partial charge in [0.25, 0.3) is 0 Å². The summed E-state index contributed by atoms with van der Waals surface area (Å²) >= 11 is 0. The molecule has 2 rings (SSSR count). The number of rotatable bonds is 4. The number of alkyl halides is 2. The van der Waals surface area contributed by atoms with Gasteiger partial charge in [0, 0.05) is 13.1 Å². The number of likely N-dealkylation sites (tertiary alicyclic amines) is 1. The van der Waals surface area contributed by atoms with E-state index in [-0.39, 0.29) is 0 Å². The van der Waals surface area contributed by atoms with Gasteiger partial charge in [-0.3, -0.25) is 4.90 Å². The predicted molar refractivity (Wildman–Crippen MR) is 62.5 cm³/mol. The van der Waals surface area contributed by atoms with Crippen molar-refractivity contribution in [2.24, 2.45) is 5.92 Å². The molecule has 2 atom stereocenters. The molecule has 0 spiro atoms. The molecular weight excluding hydrogens is 242 g/mol. The number of nitrogens with zero attached hydrogens (tertiary/aromatic N) is 1. The smallest absolute Gasteiger partial charge is 0.377 e. The minimum absolute atomic E-state index is 0.432. The number of cyclic esters (lactones) is 1. The molecule has 2 heterocycles. The first-order valence-electron chi connectivity index (χ1n) is 6.47. The molecule has 0 aromatic rings. The standard InChI is InChI=1S/C12H20F2N2O2/c1-15-6-9-3-2-4-16(7-9)8-10-5-12(13,14)11(17)18-10/h9-10,15H,2-8H2,1H3. The largest absolute Gasteiger partial charge is 0.456 e. The van der Waals surface area contributed by atoms with Crippen LogP contribution in [0.2, 0.25) is 0 Å². The molecule has 104 valence electrons. The molecule has 0 saturated carbocycles. The average molecular weight is 262 g/mol. The van der Waals surface area contributed by atoms with Gasteiger partial charge in [0.15, 0.2) is 0 Å². The van der Waals surface area contributed by atoms with Crippen LogP contribution in [-0.2, 0) is 9.53 Å². The van der Waals surface area contributed by atoms with Crippen molar-refractivity contribution >= 4 is 5.97 Å². The fourth-order valence-corrected chi connectivity index (χ4v) is 2.81. The second kappa shape index (κ2) is 5.48. The molecule has 0 aliphatic carbocycles. The zero-order valence-corrected chi connectivity index (χ0v) is 10.6. The number of hydrogen-bond acceptors (Lipinski definition) is 4. The highest BCUT2D eigenvalue weighted by Crippen LogP contribution is 2.31. The number of carbonyl (C=O) groups excluding carboxylic acids is 1. The van der Waals surface area contributed by atoms with Gasteiger partial charge in [-0.05, 0) is 38.9 Å². The van der Waals surface area contributed by atoms with Gasteiger partial charge < -0.3 is 10.1 Å². The highest BCUT2D eigenvalue weighted by molar-refractivity contribution is 5.79. The monoisotopic (exact) mass is 262 g/mol. The molecule has 18 heavy (non-hydrogen) atoms. The number of piperidine rings is 1. The first kappa shape index (κ1) is 13.7. The Labute approximate surface area is 106 Å². The van der Waals surface area contributed by atoms with E-state index >= 15 is 0 Å². The van der Waals surface area contributed by atoms with Crippen LogP contribution in [0.15, 0.2) is 0 Å². The number of ether oxygens (including phenoxy) is 1. The Morgan fingerprint density at radius 1 is 1.56 bits per heavy atom. The van der Waals surface area contributed by atoms with Gasteiger partial charge in [0.05, 0.1) is 6.42 Å². The molecule has 0 aromatic heterocycles. The van der Waals surface area contributed by atoms with Crippen LogP contribution in [0.1, 0.15) is 19.3 Å². The van der Waals surface area contributed by atoms with E-state index in [1.54, 1.807) is 0 Å². The van der Waals surface area contributed by atoms with Crippen LogP contribution >= 0.6 is 0 Å². The van der Waals surface area contributed by atoms with E-state index in [9.17, 15) is 13.6 Å². The summed E-state index contributed by atoms with van der Waals surface area (Å²) in [7, 11) is 1.91. The van der Waals surface area contributed by atoms with Crippen LogP contribution < -0.4 is 5.32 Å². The summed E-state index contributed by atoms with van der Waals surface area (Å²) in [4.78, 5) is 13.0. The molecule has 2 unspecified atom stereocenters. The van der Waals surface area contributed by atoms with Crippen molar-refractivity contribution in [3.05, 3.63) is 0 Å². The van der Waals surface area contributed by atoms with Crippen molar-refractivity contribution in [2.75, 3.05) is 33.2 Å². The van der Waals surface area contributed by atoms with Gasteiger partial charge in [-0.15, -0.1) is 0 Å². The molecule has 0 bridgehead atoms. The first-order valence-corrected chi connectivity index (χ1v) is 6.47. The number of carbonyl (C=O) groups is 1. The maximum atomic E-state index is 13.0. The lowest BCUT2D eigenvalue weighted by Crippen LogP contribution is -2.42. The van der Waals surface area contributed by atoms with Crippen molar-refractivity contribution in [1.82, 2.24) is 10.2 Å². The lowest BCUT2D eigenvalue weighted by atomic mass is 9.97. The second-order valence-electron chi connectivity index (χ2n) is 5.26. The van der Waals surface area contributed by atoms with E-state index in [4.69, 9.17) is 4.74 Å². The normalized spacial score (nSPS) is 32.5. The van der Waals surface area contributed by atoms with Crippen LogP contribution in [0, 0.1) is 5.92 Å². The fourth-order valence-electron chi connectivity index (χ4n) is 2.81. The second-order valence-corrected chi connectivity index (χ2v) is 5.26. The van der Waals surface area contributed by atoms with Crippen LogP contribution in [0.25, 0.3) is 0 Å². The number of halogens is 2. The first-order chi connectivity index (χ1) is 8.51. The SMILES string of the molecule is CNCC1CCCN(CC2CC(F)(F)C(=O)O2)C1. The summed E-state index contributed by atoms with van der Waals surface area (Å²) in [5.74, 6) is -4.09. The van der Waals surface area contributed by atoms with Gasteiger partial charge in [-0.25, -0.2) is 4.79 Å². The van der Waals surface area contributed by atoms with Gasteiger partial charge >= 0.3 is 11.9 Å². The van der Waals surface area contributed by atoms with Gasteiger partial charge in [-0.2, -0.15) is 8.78 Å². The minimum Gasteiger partial charge on any atom is -0.456 e. The van der Waals surface area contributed by atoms with E-state index in [0.29, 0.717) is 12.5 Å². The Bertz CT molecular complexity index is 310. The molecule has 4 nitrogen and oxygen atoms in total. The van der Waals surface area contributed by atoms with Crippen molar-refractivity contribution in [1.29, 1.82) is 0 Å². The number of nitrogens with one attached hydrogen (secondary N) is 1. The summed E-state index contributed by atoms with van der Waals surface area (Å²) < 4.78 is 30.8. The van der Waals surface area contributed by atoms with Crippen LogP contribution in [0.5, 0.6) is 0 Å². The summed E-state index contributed by atoms with van der Waals surface area (Å²) in [6.07, 6.45) is 1.11. The maximum Gasteiger partial charge on any atom is 0.377 e. The Balaban J connectivity index is 1.81. The van der Waals surface area contributed by atoms with Crippen molar-refractivity contribution in [2.45, 2.75) is 31.3 Å². The van der Waals surface area contributed by atoms with Crippen molar-refractivity contribution in [3.63, 3.8) is 0 Å². The average Bonchev–Trinajstić information content (AvgIpc) is 2.53. The Kier molecular flexibility index (Phi) is 4.17. The highest BCUT2D eigenvalue weighted by atomic mass is 19.3. The van der Waals surface area contributed by atoms with Crippen molar-refractivity contribution < 1.29 is 18.3 Å². The molecule has 0 radical (unpaired) electrons. The van der Waals surface area contributed by atoms with Crippen LogP contribution in [0.4, 0.5) is 8.78 Å². The zero-order valence-electron chi connectivity index (χ0n) is 10.6. The lowest BCUT2D eigenvalue weighted by molar-refractivity contribution is -0.159. The third kappa shape index (κ3) is 3.17. The molecule has 0 aromatic carbocycles. The quantitative estimate of drug-likeness (QED) is 0.763. The summed E-state index contributed by atoms with van der Waals surface area (Å²) in [6.45, 7) is 3.17. The molecule has 2 aliphatic rings. The van der Waals surface area contributed by atoms with Crippen LogP contribution in [-0.4, -0.2) is 56.1 Å². The van der Waals surface area contributed by atoms with Gasteiger partial charge in [0.2, 0.25) is 0 Å². The predicted octanol–water partition coefficient (Wildman–Crippen LogP) is 0.869. The zero-order chi connectivity index (χ0) is 13.2. The molecule has 2 aliphatic heterocycles. The van der Waals surface area contributed by atoms with Gasteiger partial charge in [0.1, 0.15) is 6.10 Å². The van der Waals surface area contributed by atoms with Gasteiger partial charge in [-0.1, -0.05) is 0 Å². The third-order valence-electron chi connectivity index (χ3n) is 3.61. The molecular formula is C12H20F2N2O2. The Hall–Kier alpha value is -0.750. The summed E-state index contributed by atoms with van der Waals surface area (Å²) in [5.41, 5.74) is 0. The number of esters is 1. The lowest BCUT2D eigenvalue weighted by Gasteiger charge is -2.33. The van der Waals surface area contributed by atoms with E-state index in [2.05, 4.69) is 10.2 Å². The maximum absolute atomic E-state index is 13.0. The number of hydrogen-bond donors (Lipinski definition) is 1. The molecule has 0 amide bonds. The molecule has 2 saturated heterocycles. The summed E-state index contributed by atoms with van der Waals surface area (Å²) in [6, 6.07) is 0. The molecule has 1 N–H and O–H groups in total. The highest BCUT2D eigenvalue weighted by Gasteiger charge is 2.51. The van der Waals surface area contributed by atoms with E-state index in [0.717, 1.165) is 32.5 Å². The minimum atomic E-state index is -3.29. The van der Waals surface area contributed by atoms with E-state index < -0.39 is 24.4 Å². The molecule has 6 heteroatoms. The van der Waals surface area contributed by atoms with Crippen LogP contribution in [0.3, 0.4) is 0 Å². The van der Waals surface area contributed by atoms with E-state index in [1.165, 1.54) is 0 Å². The molecule has 2 fully saturated rings. The van der Waals surface area contributed by atoms with Crippen molar-refractivity contribution in [3.8, 4) is 0 Å². The third-order valence-corrected chi connectivity index (χ3v) is 3.61. The van der Waals surface area contributed by atoms with E-state index in [1.807, 2.05) is 7.05 Å². The Morgan fingerprint density at radius 2 is 2.33 bits per heavy atom.